The van der Waals surface area contributed by atoms with Gasteiger partial charge in [0.2, 0.25) is 0 Å². The first-order valence-corrected chi connectivity index (χ1v) is 5.72. The normalized spacial score (nSPS) is 16.1. The highest BCUT2D eigenvalue weighted by Gasteiger charge is 2.23. The maximum atomic E-state index is 6.19. The molecule has 3 rings (SSSR count). The first kappa shape index (κ1) is 9.87. The monoisotopic (exact) mass is 233 g/mol. The van der Waals surface area contributed by atoms with Crippen molar-refractivity contribution in [3.05, 3.63) is 47.5 Å². The van der Waals surface area contributed by atoms with E-state index in [0.29, 0.717) is 5.92 Å². The molecule has 4 heteroatoms. The number of hydrogen-bond acceptors (Lipinski definition) is 2. The molecule has 1 N–H and O–H groups in total. The second-order valence-electron chi connectivity index (χ2n) is 4.00. The van der Waals surface area contributed by atoms with E-state index in [0.717, 1.165) is 23.8 Å². The standard InChI is InChI=1S/C12H12ClN3/c13-10-3-1-2-4-11(10)16-8-15-7-12(16)9-5-14-6-9/h1-4,7-9,14H,5-6H2. The Balaban J connectivity index is 2.06. The molecule has 2 aromatic rings. The van der Waals surface area contributed by atoms with Gasteiger partial charge in [0.25, 0.3) is 0 Å². The molecule has 1 aliphatic rings. The van der Waals surface area contributed by atoms with Crippen molar-refractivity contribution in [1.82, 2.24) is 14.9 Å². The smallest absolute Gasteiger partial charge is 0.0994 e. The summed E-state index contributed by atoms with van der Waals surface area (Å²) in [7, 11) is 0. The lowest BCUT2D eigenvalue weighted by atomic mass is 10.00. The number of halogens is 1. The summed E-state index contributed by atoms with van der Waals surface area (Å²) in [5, 5.41) is 4.03. The van der Waals surface area contributed by atoms with E-state index in [1.54, 1.807) is 0 Å². The molecular weight excluding hydrogens is 222 g/mol. The van der Waals surface area contributed by atoms with Crippen LogP contribution in [0.2, 0.25) is 5.02 Å². The lowest BCUT2D eigenvalue weighted by Gasteiger charge is -2.28. The van der Waals surface area contributed by atoms with Gasteiger partial charge in [0.1, 0.15) is 0 Å². The van der Waals surface area contributed by atoms with E-state index in [1.165, 1.54) is 5.69 Å². The third-order valence-corrected chi connectivity index (χ3v) is 3.30. The van der Waals surface area contributed by atoms with Gasteiger partial charge in [0.05, 0.1) is 17.0 Å². The van der Waals surface area contributed by atoms with Gasteiger partial charge in [-0.1, -0.05) is 23.7 Å². The summed E-state index contributed by atoms with van der Waals surface area (Å²) in [5.74, 6) is 0.554. The van der Waals surface area contributed by atoms with Gasteiger partial charge in [-0.2, -0.15) is 0 Å². The largest absolute Gasteiger partial charge is 0.315 e. The highest BCUT2D eigenvalue weighted by atomic mass is 35.5. The highest BCUT2D eigenvalue weighted by molar-refractivity contribution is 6.32. The molecule has 1 aliphatic heterocycles. The number of nitrogens with one attached hydrogen (secondary N) is 1. The molecule has 3 nitrogen and oxygen atoms in total. The average Bonchev–Trinajstić information content (AvgIpc) is 2.65. The molecule has 0 amide bonds. The molecule has 0 unspecified atom stereocenters. The van der Waals surface area contributed by atoms with E-state index < -0.39 is 0 Å². The Bertz CT molecular complexity index is 502. The van der Waals surface area contributed by atoms with E-state index in [9.17, 15) is 0 Å². The first-order chi connectivity index (χ1) is 7.86. The highest BCUT2D eigenvalue weighted by Crippen LogP contribution is 2.26. The Morgan fingerprint density at radius 3 is 2.81 bits per heavy atom. The fourth-order valence-corrected chi connectivity index (χ4v) is 2.18. The molecular formula is C12H12ClN3. The summed E-state index contributed by atoms with van der Waals surface area (Å²) in [6, 6.07) is 7.84. The van der Waals surface area contributed by atoms with Crippen LogP contribution in [0.4, 0.5) is 0 Å². The van der Waals surface area contributed by atoms with Crippen molar-refractivity contribution in [3.8, 4) is 5.69 Å². The van der Waals surface area contributed by atoms with Gasteiger partial charge in [0, 0.05) is 30.9 Å². The van der Waals surface area contributed by atoms with E-state index >= 15 is 0 Å². The summed E-state index contributed by atoms with van der Waals surface area (Å²) in [4.78, 5) is 4.22. The number of nitrogens with zero attached hydrogens (tertiary/aromatic N) is 2. The van der Waals surface area contributed by atoms with Gasteiger partial charge in [-0.3, -0.25) is 0 Å². The molecule has 1 saturated heterocycles. The molecule has 1 aromatic carbocycles. The second kappa shape index (κ2) is 3.92. The zero-order chi connectivity index (χ0) is 11.0. The number of aromatic nitrogens is 2. The third kappa shape index (κ3) is 1.52. The molecule has 82 valence electrons. The van der Waals surface area contributed by atoms with Crippen LogP contribution in [0.25, 0.3) is 5.69 Å². The van der Waals surface area contributed by atoms with Crippen LogP contribution < -0.4 is 5.32 Å². The zero-order valence-electron chi connectivity index (χ0n) is 8.73. The summed E-state index contributed by atoms with van der Waals surface area (Å²) >= 11 is 6.19. The van der Waals surface area contributed by atoms with Crippen LogP contribution >= 0.6 is 11.6 Å². The Labute approximate surface area is 99.1 Å². The average molecular weight is 234 g/mol. The van der Waals surface area contributed by atoms with Crippen molar-refractivity contribution in [2.45, 2.75) is 5.92 Å². The van der Waals surface area contributed by atoms with Gasteiger partial charge in [-0.05, 0) is 12.1 Å². The number of benzene rings is 1. The molecule has 0 atom stereocenters. The van der Waals surface area contributed by atoms with Crippen LogP contribution in [0.1, 0.15) is 11.6 Å². The van der Waals surface area contributed by atoms with Crippen LogP contribution in [0.15, 0.2) is 36.8 Å². The van der Waals surface area contributed by atoms with Crippen molar-refractivity contribution >= 4 is 11.6 Å². The van der Waals surface area contributed by atoms with Crippen LogP contribution in [-0.2, 0) is 0 Å². The fourth-order valence-electron chi connectivity index (χ4n) is 1.95. The van der Waals surface area contributed by atoms with E-state index in [1.807, 2.05) is 36.8 Å². The fraction of sp³-hybridized carbons (Fsp3) is 0.250. The maximum absolute atomic E-state index is 6.19. The van der Waals surface area contributed by atoms with Gasteiger partial charge < -0.3 is 9.88 Å². The Hall–Kier alpha value is -1.32. The molecule has 1 fully saturated rings. The third-order valence-electron chi connectivity index (χ3n) is 2.98. The lowest BCUT2D eigenvalue weighted by Crippen LogP contribution is -2.40. The van der Waals surface area contributed by atoms with Crippen molar-refractivity contribution < 1.29 is 0 Å². The minimum Gasteiger partial charge on any atom is -0.315 e. The minimum absolute atomic E-state index is 0.554. The molecule has 0 bridgehead atoms. The summed E-state index contributed by atoms with van der Waals surface area (Å²) in [6.07, 6.45) is 3.75. The molecule has 0 saturated carbocycles. The molecule has 16 heavy (non-hydrogen) atoms. The summed E-state index contributed by atoms with van der Waals surface area (Å²) < 4.78 is 2.08. The lowest BCUT2D eigenvalue weighted by molar-refractivity contribution is 0.435. The van der Waals surface area contributed by atoms with Crippen LogP contribution in [0.5, 0.6) is 0 Å². The molecule has 0 aliphatic carbocycles. The zero-order valence-corrected chi connectivity index (χ0v) is 9.48. The summed E-state index contributed by atoms with van der Waals surface area (Å²) in [6.45, 7) is 2.05. The Kier molecular flexibility index (Phi) is 2.42. The van der Waals surface area contributed by atoms with Crippen LogP contribution in [0, 0.1) is 0 Å². The first-order valence-electron chi connectivity index (χ1n) is 5.34. The summed E-state index contributed by atoms with van der Waals surface area (Å²) in [5.41, 5.74) is 2.23. The van der Waals surface area contributed by atoms with Crippen molar-refractivity contribution in [3.63, 3.8) is 0 Å². The Morgan fingerprint density at radius 1 is 1.31 bits per heavy atom. The number of rotatable bonds is 2. The number of para-hydroxylation sites is 1. The molecule has 0 spiro atoms. The molecule has 0 radical (unpaired) electrons. The Morgan fingerprint density at radius 2 is 2.12 bits per heavy atom. The van der Waals surface area contributed by atoms with Gasteiger partial charge in [-0.25, -0.2) is 4.98 Å². The topological polar surface area (TPSA) is 29.9 Å². The van der Waals surface area contributed by atoms with Crippen molar-refractivity contribution in [1.29, 1.82) is 0 Å². The maximum Gasteiger partial charge on any atom is 0.0994 e. The number of hydrogen-bond donors (Lipinski definition) is 1. The minimum atomic E-state index is 0.554. The van der Waals surface area contributed by atoms with Gasteiger partial charge in [-0.15, -0.1) is 0 Å². The van der Waals surface area contributed by atoms with Crippen LogP contribution in [-0.4, -0.2) is 22.6 Å². The SMILES string of the molecule is Clc1ccccc1-n1cncc1C1CNC1. The van der Waals surface area contributed by atoms with E-state index in [2.05, 4.69) is 14.9 Å². The van der Waals surface area contributed by atoms with E-state index in [4.69, 9.17) is 11.6 Å². The van der Waals surface area contributed by atoms with Gasteiger partial charge >= 0.3 is 0 Å². The van der Waals surface area contributed by atoms with E-state index in [-0.39, 0.29) is 0 Å². The quantitative estimate of drug-likeness (QED) is 0.862. The predicted octanol–water partition coefficient (Wildman–Crippen LogP) is 2.21. The van der Waals surface area contributed by atoms with Crippen molar-refractivity contribution in [2.75, 3.05) is 13.1 Å². The van der Waals surface area contributed by atoms with Crippen molar-refractivity contribution in [2.24, 2.45) is 0 Å². The van der Waals surface area contributed by atoms with Crippen LogP contribution in [0.3, 0.4) is 0 Å². The van der Waals surface area contributed by atoms with Gasteiger partial charge in [0.15, 0.2) is 0 Å². The number of imidazole rings is 1. The predicted molar refractivity (Wildman–Crippen MR) is 64.2 cm³/mol. The molecule has 1 aromatic heterocycles. The molecule has 2 heterocycles. The second-order valence-corrected chi connectivity index (χ2v) is 4.40.